The van der Waals surface area contributed by atoms with Crippen molar-refractivity contribution in [1.29, 1.82) is 0 Å². The van der Waals surface area contributed by atoms with Crippen molar-refractivity contribution in [1.82, 2.24) is 5.32 Å². The van der Waals surface area contributed by atoms with E-state index in [4.69, 9.17) is 4.74 Å². The van der Waals surface area contributed by atoms with E-state index in [0.717, 1.165) is 18.2 Å². The van der Waals surface area contributed by atoms with E-state index in [1.165, 1.54) is 29.5 Å². The average molecular weight is 281 g/mol. The molecule has 0 aliphatic heterocycles. The second-order valence-electron chi connectivity index (χ2n) is 5.89. The van der Waals surface area contributed by atoms with E-state index in [0.29, 0.717) is 6.04 Å². The molecule has 1 aliphatic carbocycles. The van der Waals surface area contributed by atoms with E-state index in [2.05, 4.69) is 48.6 Å². The Hall–Kier alpha value is -1.80. The Morgan fingerprint density at radius 1 is 1.05 bits per heavy atom. The van der Waals surface area contributed by atoms with Crippen LogP contribution in [0, 0.1) is 0 Å². The highest BCUT2D eigenvalue weighted by atomic mass is 16.5. The molecule has 2 aromatic carbocycles. The summed E-state index contributed by atoms with van der Waals surface area (Å²) in [6.45, 7) is 3.10. The average Bonchev–Trinajstić information content (AvgIpc) is 3.38. The SMILES string of the molecule is COc1ccc(C(C)NCc2ccc(C3CC3)cc2)cc1. The lowest BCUT2D eigenvalue weighted by atomic mass is 10.1. The molecule has 1 unspecified atom stereocenters. The zero-order valence-corrected chi connectivity index (χ0v) is 12.8. The number of methoxy groups -OCH3 is 1. The normalized spacial score (nSPS) is 15.7. The first-order valence-corrected chi connectivity index (χ1v) is 7.72. The van der Waals surface area contributed by atoms with Crippen molar-refractivity contribution in [3.8, 4) is 5.75 Å². The first-order chi connectivity index (χ1) is 10.3. The molecular formula is C19H23NO. The quantitative estimate of drug-likeness (QED) is 0.846. The van der Waals surface area contributed by atoms with Gasteiger partial charge in [-0.1, -0.05) is 36.4 Å². The molecule has 2 heteroatoms. The molecule has 1 N–H and O–H groups in total. The van der Waals surface area contributed by atoms with Crippen molar-refractivity contribution in [3.63, 3.8) is 0 Å². The van der Waals surface area contributed by atoms with Crippen LogP contribution in [0.5, 0.6) is 5.75 Å². The number of nitrogens with one attached hydrogen (secondary N) is 1. The maximum Gasteiger partial charge on any atom is 0.118 e. The molecule has 1 fully saturated rings. The molecule has 0 aromatic heterocycles. The van der Waals surface area contributed by atoms with Gasteiger partial charge < -0.3 is 10.1 Å². The van der Waals surface area contributed by atoms with Gasteiger partial charge in [-0.3, -0.25) is 0 Å². The minimum atomic E-state index is 0.332. The minimum absolute atomic E-state index is 0.332. The van der Waals surface area contributed by atoms with Gasteiger partial charge in [-0.25, -0.2) is 0 Å². The molecule has 1 atom stereocenters. The van der Waals surface area contributed by atoms with Crippen molar-refractivity contribution >= 4 is 0 Å². The van der Waals surface area contributed by atoms with E-state index < -0.39 is 0 Å². The van der Waals surface area contributed by atoms with E-state index in [9.17, 15) is 0 Å². The van der Waals surface area contributed by atoms with Gasteiger partial charge >= 0.3 is 0 Å². The van der Waals surface area contributed by atoms with Crippen LogP contribution in [-0.4, -0.2) is 7.11 Å². The zero-order chi connectivity index (χ0) is 14.7. The molecule has 1 aliphatic rings. The molecule has 0 bridgehead atoms. The van der Waals surface area contributed by atoms with Crippen LogP contribution in [-0.2, 0) is 6.54 Å². The van der Waals surface area contributed by atoms with Crippen molar-refractivity contribution in [2.45, 2.75) is 38.3 Å². The van der Waals surface area contributed by atoms with Crippen LogP contribution in [0.2, 0.25) is 0 Å². The van der Waals surface area contributed by atoms with Crippen molar-refractivity contribution in [3.05, 3.63) is 65.2 Å². The van der Waals surface area contributed by atoms with Crippen LogP contribution in [0.3, 0.4) is 0 Å². The van der Waals surface area contributed by atoms with Crippen LogP contribution in [0.1, 0.15) is 48.4 Å². The summed E-state index contributed by atoms with van der Waals surface area (Å²) in [4.78, 5) is 0. The van der Waals surface area contributed by atoms with Crippen LogP contribution in [0.15, 0.2) is 48.5 Å². The second kappa shape index (κ2) is 6.31. The number of hydrogen-bond acceptors (Lipinski definition) is 2. The van der Waals surface area contributed by atoms with Crippen LogP contribution < -0.4 is 10.1 Å². The van der Waals surface area contributed by atoms with Gasteiger partial charge in [0.2, 0.25) is 0 Å². The van der Waals surface area contributed by atoms with Gasteiger partial charge in [0.05, 0.1) is 7.11 Å². The fourth-order valence-corrected chi connectivity index (χ4v) is 2.61. The Morgan fingerprint density at radius 2 is 1.71 bits per heavy atom. The monoisotopic (exact) mass is 281 g/mol. The van der Waals surface area contributed by atoms with Crippen molar-refractivity contribution < 1.29 is 4.74 Å². The highest BCUT2D eigenvalue weighted by Crippen LogP contribution is 2.39. The highest BCUT2D eigenvalue weighted by Gasteiger charge is 2.22. The lowest BCUT2D eigenvalue weighted by Gasteiger charge is -2.15. The van der Waals surface area contributed by atoms with E-state index in [-0.39, 0.29) is 0 Å². The minimum Gasteiger partial charge on any atom is -0.497 e. The van der Waals surface area contributed by atoms with Crippen molar-refractivity contribution in [2.24, 2.45) is 0 Å². The topological polar surface area (TPSA) is 21.3 Å². The predicted molar refractivity (Wildman–Crippen MR) is 86.7 cm³/mol. The van der Waals surface area contributed by atoms with Gasteiger partial charge in [-0.15, -0.1) is 0 Å². The van der Waals surface area contributed by atoms with E-state index in [1.807, 2.05) is 12.1 Å². The summed E-state index contributed by atoms with van der Waals surface area (Å²) in [7, 11) is 1.70. The van der Waals surface area contributed by atoms with Crippen LogP contribution in [0.4, 0.5) is 0 Å². The molecule has 21 heavy (non-hydrogen) atoms. The van der Waals surface area contributed by atoms with Gasteiger partial charge in [0.1, 0.15) is 5.75 Å². The number of rotatable bonds is 6. The highest BCUT2D eigenvalue weighted by molar-refractivity contribution is 5.30. The fraction of sp³-hybridized carbons (Fsp3) is 0.368. The Morgan fingerprint density at radius 3 is 2.29 bits per heavy atom. The number of benzene rings is 2. The summed E-state index contributed by atoms with van der Waals surface area (Å²) < 4.78 is 5.19. The lowest BCUT2D eigenvalue weighted by Crippen LogP contribution is -2.18. The molecular weight excluding hydrogens is 258 g/mol. The molecule has 0 spiro atoms. The van der Waals surface area contributed by atoms with Crippen molar-refractivity contribution in [2.75, 3.05) is 7.11 Å². The Balaban J connectivity index is 1.55. The summed E-state index contributed by atoms with van der Waals surface area (Å²) in [6.07, 6.45) is 2.73. The Kier molecular flexibility index (Phi) is 4.26. The van der Waals surface area contributed by atoms with Crippen LogP contribution >= 0.6 is 0 Å². The summed E-state index contributed by atoms with van der Waals surface area (Å²) in [5.74, 6) is 1.74. The number of hydrogen-bond donors (Lipinski definition) is 1. The maximum absolute atomic E-state index is 5.19. The molecule has 1 saturated carbocycles. The van der Waals surface area contributed by atoms with Gasteiger partial charge in [0.25, 0.3) is 0 Å². The first-order valence-electron chi connectivity index (χ1n) is 7.72. The standard InChI is InChI=1S/C19H23NO/c1-14(16-9-11-19(21-2)12-10-16)20-13-15-3-5-17(6-4-15)18-7-8-18/h3-6,9-12,14,18,20H,7-8,13H2,1-2H3. The summed E-state index contributed by atoms with van der Waals surface area (Å²) in [5.41, 5.74) is 4.13. The third-order valence-corrected chi connectivity index (χ3v) is 4.26. The third kappa shape index (κ3) is 3.64. The molecule has 2 aromatic rings. The summed E-state index contributed by atoms with van der Waals surface area (Å²) >= 11 is 0. The van der Waals surface area contributed by atoms with Gasteiger partial charge in [0, 0.05) is 12.6 Å². The smallest absolute Gasteiger partial charge is 0.118 e. The molecule has 0 radical (unpaired) electrons. The molecule has 0 heterocycles. The maximum atomic E-state index is 5.19. The van der Waals surface area contributed by atoms with Gasteiger partial charge in [-0.05, 0) is 54.5 Å². The molecule has 0 saturated heterocycles. The summed E-state index contributed by atoms with van der Waals surface area (Å²) in [6, 6.07) is 17.7. The zero-order valence-electron chi connectivity index (χ0n) is 12.8. The predicted octanol–water partition coefficient (Wildman–Crippen LogP) is 4.42. The second-order valence-corrected chi connectivity index (χ2v) is 5.89. The van der Waals surface area contributed by atoms with Gasteiger partial charge in [0.15, 0.2) is 0 Å². The van der Waals surface area contributed by atoms with Gasteiger partial charge in [-0.2, -0.15) is 0 Å². The molecule has 3 rings (SSSR count). The Labute approximate surface area is 127 Å². The van der Waals surface area contributed by atoms with E-state index in [1.54, 1.807) is 7.11 Å². The lowest BCUT2D eigenvalue weighted by molar-refractivity contribution is 0.414. The molecule has 2 nitrogen and oxygen atoms in total. The van der Waals surface area contributed by atoms with Crippen LogP contribution in [0.25, 0.3) is 0 Å². The first kappa shape index (κ1) is 14.2. The Bertz CT molecular complexity index is 570. The number of ether oxygens (including phenoxy) is 1. The summed E-state index contributed by atoms with van der Waals surface area (Å²) in [5, 5.41) is 3.58. The van der Waals surface area contributed by atoms with E-state index >= 15 is 0 Å². The third-order valence-electron chi connectivity index (χ3n) is 4.26. The molecule has 0 amide bonds. The largest absolute Gasteiger partial charge is 0.497 e. The fourth-order valence-electron chi connectivity index (χ4n) is 2.61. The molecule has 110 valence electrons.